The molecule has 0 fully saturated rings. The first kappa shape index (κ1) is 16.3. The lowest BCUT2D eigenvalue weighted by Crippen LogP contribution is -2.46. The van der Waals surface area contributed by atoms with Crippen molar-refractivity contribution in [1.29, 1.82) is 5.41 Å². The molecule has 4 nitrogen and oxygen atoms in total. The molecule has 0 radical (unpaired) electrons. The summed E-state index contributed by atoms with van der Waals surface area (Å²) in [7, 11) is 0. The molecule has 0 aromatic rings. The molecule has 0 spiro atoms. The molecule has 0 saturated heterocycles. The van der Waals surface area contributed by atoms with Crippen LogP contribution in [0, 0.1) is 5.41 Å². The Hall–Kier alpha value is -1.67. The van der Waals surface area contributed by atoms with Gasteiger partial charge in [-0.2, -0.15) is 22.0 Å². The topological polar surface area (TPSA) is 70.4 Å². The fraction of sp³-hybridized carbons (Fsp3) is 0.556. The molecule has 0 aromatic carbocycles. The van der Waals surface area contributed by atoms with Crippen molar-refractivity contribution in [2.24, 2.45) is 0 Å². The zero-order valence-electron chi connectivity index (χ0n) is 9.36. The number of hydrogen-bond acceptors (Lipinski definition) is 4. The van der Waals surface area contributed by atoms with E-state index in [0.717, 1.165) is 0 Å². The van der Waals surface area contributed by atoms with Crippen molar-refractivity contribution in [1.82, 2.24) is 0 Å². The number of aliphatic hydroxyl groups is 1. The van der Waals surface area contributed by atoms with Crippen LogP contribution >= 0.6 is 0 Å². The van der Waals surface area contributed by atoms with Crippen LogP contribution in [0.5, 0.6) is 0 Å². The number of halogens is 5. The number of alkyl halides is 5. The Labute approximate surface area is 98.6 Å². The average molecular weight is 275 g/mol. The van der Waals surface area contributed by atoms with E-state index in [-0.39, 0.29) is 6.61 Å². The number of carbonyl (C=O) groups is 1. The summed E-state index contributed by atoms with van der Waals surface area (Å²) >= 11 is 0. The highest BCUT2D eigenvalue weighted by atomic mass is 19.4. The van der Waals surface area contributed by atoms with Crippen molar-refractivity contribution in [2.45, 2.75) is 25.9 Å². The van der Waals surface area contributed by atoms with E-state index in [1.54, 1.807) is 0 Å². The van der Waals surface area contributed by atoms with Crippen LogP contribution in [0.15, 0.2) is 11.3 Å². The fourth-order valence-electron chi connectivity index (χ4n) is 0.933. The van der Waals surface area contributed by atoms with Crippen molar-refractivity contribution in [3.8, 4) is 0 Å². The van der Waals surface area contributed by atoms with Crippen molar-refractivity contribution in [3.05, 3.63) is 11.3 Å². The predicted octanol–water partition coefficient (Wildman–Crippen LogP) is 2.60. The molecule has 0 aliphatic rings. The summed E-state index contributed by atoms with van der Waals surface area (Å²) in [6.45, 7) is 1.68. The van der Waals surface area contributed by atoms with Crippen LogP contribution in [-0.4, -0.2) is 35.5 Å². The second-order valence-electron chi connectivity index (χ2n) is 3.13. The number of hydrogen-bond donors (Lipinski definition) is 2. The largest absolute Gasteiger partial charge is 0.512 e. The van der Waals surface area contributed by atoms with Gasteiger partial charge in [-0.25, -0.2) is 4.79 Å². The van der Waals surface area contributed by atoms with Gasteiger partial charge in [-0.1, -0.05) is 0 Å². The Balaban J connectivity index is 5.53. The number of rotatable bonds is 4. The quantitative estimate of drug-likeness (QED) is 0.272. The van der Waals surface area contributed by atoms with Crippen molar-refractivity contribution in [2.75, 3.05) is 6.61 Å². The smallest absolute Gasteiger partial charge is 0.459 e. The fourth-order valence-corrected chi connectivity index (χ4v) is 0.933. The monoisotopic (exact) mass is 275 g/mol. The van der Waals surface area contributed by atoms with Crippen LogP contribution in [0.4, 0.5) is 22.0 Å². The summed E-state index contributed by atoms with van der Waals surface area (Å²) < 4.78 is 65.9. The maximum Gasteiger partial charge on any atom is 0.459 e. The van der Waals surface area contributed by atoms with Crippen LogP contribution < -0.4 is 0 Å². The van der Waals surface area contributed by atoms with Crippen LogP contribution in [-0.2, 0) is 9.53 Å². The number of aliphatic hydroxyl groups excluding tert-OH is 1. The molecule has 0 aliphatic carbocycles. The standard InChI is InChI=1S/C9H10F5NO3/c1-3-18-7(17)5(4(2)16)6(15)8(10,11)9(12,13)14/h15-16H,3H2,1-2H3. The first-order valence-electron chi connectivity index (χ1n) is 4.57. The normalized spacial score (nSPS) is 13.9. The molecule has 0 rings (SSSR count). The van der Waals surface area contributed by atoms with Gasteiger partial charge in [0.25, 0.3) is 0 Å². The zero-order valence-corrected chi connectivity index (χ0v) is 9.36. The molecule has 0 unspecified atom stereocenters. The maximum atomic E-state index is 12.8. The third-order valence-electron chi connectivity index (χ3n) is 1.76. The van der Waals surface area contributed by atoms with Gasteiger partial charge in [-0.05, 0) is 13.8 Å². The average Bonchev–Trinajstić information content (AvgIpc) is 2.15. The highest BCUT2D eigenvalue weighted by molar-refractivity contribution is 6.21. The minimum atomic E-state index is -6.04. The van der Waals surface area contributed by atoms with Crippen molar-refractivity contribution >= 4 is 11.7 Å². The SMILES string of the molecule is CCOC(=O)C(C(=N)C(F)(F)C(F)(F)F)=C(C)O. The second-order valence-corrected chi connectivity index (χ2v) is 3.13. The van der Waals surface area contributed by atoms with Crippen molar-refractivity contribution < 1.29 is 36.6 Å². The van der Waals surface area contributed by atoms with Gasteiger partial charge in [0, 0.05) is 0 Å². The molecular weight excluding hydrogens is 265 g/mol. The number of carbonyl (C=O) groups excluding carboxylic acids is 1. The van der Waals surface area contributed by atoms with Crippen LogP contribution in [0.2, 0.25) is 0 Å². The highest BCUT2D eigenvalue weighted by Gasteiger charge is 2.62. The predicted molar refractivity (Wildman–Crippen MR) is 50.7 cm³/mol. The molecule has 0 aliphatic heterocycles. The molecule has 0 aromatic heterocycles. The molecule has 18 heavy (non-hydrogen) atoms. The molecule has 104 valence electrons. The summed E-state index contributed by atoms with van der Waals surface area (Å²) in [4.78, 5) is 11.1. The number of ether oxygens (including phenoxy) is 1. The van der Waals surface area contributed by atoms with E-state index in [4.69, 9.17) is 10.5 Å². The third kappa shape index (κ3) is 3.17. The summed E-state index contributed by atoms with van der Waals surface area (Å²) in [6, 6.07) is 0. The summed E-state index contributed by atoms with van der Waals surface area (Å²) in [6.07, 6.45) is -6.04. The van der Waals surface area contributed by atoms with Gasteiger partial charge in [-0.3, -0.25) is 5.41 Å². The van der Waals surface area contributed by atoms with E-state index >= 15 is 0 Å². The Morgan fingerprint density at radius 3 is 2.00 bits per heavy atom. The lowest BCUT2D eigenvalue weighted by atomic mass is 10.0. The Morgan fingerprint density at radius 2 is 1.72 bits per heavy atom. The van der Waals surface area contributed by atoms with E-state index < -0.39 is 35.1 Å². The number of esters is 1. The summed E-state index contributed by atoms with van der Waals surface area (Å²) in [5.41, 5.74) is -3.85. The highest BCUT2D eigenvalue weighted by Crippen LogP contribution is 2.38. The first-order chi connectivity index (χ1) is 7.96. The van der Waals surface area contributed by atoms with Crippen LogP contribution in [0.1, 0.15) is 13.8 Å². The molecular formula is C9H10F5NO3. The van der Waals surface area contributed by atoms with E-state index in [1.807, 2.05) is 0 Å². The number of nitrogens with one attached hydrogen (secondary N) is 1. The molecule has 9 heteroatoms. The van der Waals surface area contributed by atoms with E-state index in [1.165, 1.54) is 6.92 Å². The Morgan fingerprint density at radius 1 is 1.28 bits per heavy atom. The molecule has 0 amide bonds. The Kier molecular flexibility index (Phi) is 4.82. The summed E-state index contributed by atoms with van der Waals surface area (Å²) in [5.74, 6) is -8.33. The van der Waals surface area contributed by atoms with Crippen LogP contribution in [0.3, 0.4) is 0 Å². The van der Waals surface area contributed by atoms with Gasteiger partial charge in [-0.15, -0.1) is 0 Å². The third-order valence-corrected chi connectivity index (χ3v) is 1.76. The van der Waals surface area contributed by atoms with Gasteiger partial charge in [0.1, 0.15) is 17.0 Å². The van der Waals surface area contributed by atoms with E-state index in [0.29, 0.717) is 6.92 Å². The van der Waals surface area contributed by atoms with Gasteiger partial charge in [0.05, 0.1) is 6.61 Å². The number of allylic oxidation sites excluding steroid dienone is 1. The first-order valence-corrected chi connectivity index (χ1v) is 4.57. The molecule has 2 N–H and O–H groups in total. The van der Waals surface area contributed by atoms with Gasteiger partial charge in [0.2, 0.25) is 0 Å². The minimum absolute atomic E-state index is 0.305. The minimum Gasteiger partial charge on any atom is -0.512 e. The second kappa shape index (κ2) is 5.32. The zero-order chi connectivity index (χ0) is 14.7. The van der Waals surface area contributed by atoms with Crippen molar-refractivity contribution in [3.63, 3.8) is 0 Å². The molecule has 0 saturated carbocycles. The lowest BCUT2D eigenvalue weighted by molar-refractivity contribution is -0.249. The van der Waals surface area contributed by atoms with E-state index in [2.05, 4.69) is 4.74 Å². The Bertz CT molecular complexity index is 382. The molecule has 0 bridgehead atoms. The molecule has 0 atom stereocenters. The van der Waals surface area contributed by atoms with Crippen LogP contribution in [0.25, 0.3) is 0 Å². The van der Waals surface area contributed by atoms with Gasteiger partial charge in [0.15, 0.2) is 0 Å². The van der Waals surface area contributed by atoms with Gasteiger partial charge >= 0.3 is 18.1 Å². The summed E-state index contributed by atoms with van der Waals surface area (Å²) in [5, 5.41) is 15.7. The van der Waals surface area contributed by atoms with E-state index in [9.17, 15) is 26.7 Å². The molecule has 0 heterocycles. The van der Waals surface area contributed by atoms with Gasteiger partial charge < -0.3 is 9.84 Å². The maximum absolute atomic E-state index is 12.8. The lowest BCUT2D eigenvalue weighted by Gasteiger charge is -2.21.